The first-order chi connectivity index (χ1) is 9.52. The molecule has 1 atom stereocenters. The third-order valence-corrected chi connectivity index (χ3v) is 4.02. The van der Waals surface area contributed by atoms with Crippen LogP contribution in [-0.2, 0) is 6.54 Å². The number of aromatic amines is 1. The maximum atomic E-state index is 12.0. The van der Waals surface area contributed by atoms with Crippen molar-refractivity contribution in [3.8, 4) is 0 Å². The maximum absolute atomic E-state index is 12.0. The number of nitrogens with one attached hydrogen (secondary N) is 2. The molecule has 3 N–H and O–H groups in total. The minimum atomic E-state index is -0.761. The second-order valence-corrected chi connectivity index (χ2v) is 6.11. The van der Waals surface area contributed by atoms with Crippen molar-refractivity contribution in [1.82, 2.24) is 10.3 Å². The van der Waals surface area contributed by atoms with Gasteiger partial charge in [-0.1, -0.05) is 18.2 Å². The van der Waals surface area contributed by atoms with E-state index in [4.69, 9.17) is 0 Å². The number of hydrogen-bond donors (Lipinski definition) is 3. The standard InChI is InChI=1S/C15H20N2O2S/c1-15(19,10-20-2)9-16-8-12-7-11-5-3-4-6-13(11)17-14(12)18/h3-7,16,19H,8-10H2,1-2H3,(H,17,18). The van der Waals surface area contributed by atoms with Crippen molar-refractivity contribution in [3.05, 3.63) is 46.2 Å². The van der Waals surface area contributed by atoms with Crippen molar-refractivity contribution in [2.75, 3.05) is 18.6 Å². The Hall–Kier alpha value is -1.30. The summed E-state index contributed by atoms with van der Waals surface area (Å²) in [7, 11) is 0. The number of thioether (sulfide) groups is 1. The molecule has 4 nitrogen and oxygen atoms in total. The predicted octanol–water partition coefficient (Wildman–Crippen LogP) is 1.73. The SMILES string of the molecule is CSCC(C)(O)CNCc1cc2ccccc2[nH]c1=O. The van der Waals surface area contributed by atoms with Crippen LogP contribution in [0, 0.1) is 0 Å². The highest BCUT2D eigenvalue weighted by molar-refractivity contribution is 7.98. The zero-order chi connectivity index (χ0) is 14.6. The minimum Gasteiger partial charge on any atom is -0.388 e. The molecule has 20 heavy (non-hydrogen) atoms. The van der Waals surface area contributed by atoms with Gasteiger partial charge in [0, 0.05) is 29.9 Å². The molecule has 0 saturated heterocycles. The lowest BCUT2D eigenvalue weighted by Gasteiger charge is -2.22. The average molecular weight is 292 g/mol. The van der Waals surface area contributed by atoms with Crippen molar-refractivity contribution in [1.29, 1.82) is 0 Å². The Morgan fingerprint density at radius 3 is 2.90 bits per heavy atom. The van der Waals surface area contributed by atoms with Gasteiger partial charge in [-0.2, -0.15) is 11.8 Å². The Morgan fingerprint density at radius 1 is 1.40 bits per heavy atom. The normalized spacial score (nSPS) is 14.3. The lowest BCUT2D eigenvalue weighted by atomic mass is 10.1. The molecule has 0 aliphatic carbocycles. The Labute approximate surface area is 122 Å². The molecule has 0 aliphatic heterocycles. The van der Waals surface area contributed by atoms with Gasteiger partial charge >= 0.3 is 0 Å². The van der Waals surface area contributed by atoms with Crippen molar-refractivity contribution < 1.29 is 5.11 Å². The van der Waals surface area contributed by atoms with E-state index in [-0.39, 0.29) is 5.56 Å². The van der Waals surface area contributed by atoms with Crippen molar-refractivity contribution in [2.45, 2.75) is 19.1 Å². The number of fused-ring (bicyclic) bond motifs is 1. The molecule has 0 fully saturated rings. The van der Waals surface area contributed by atoms with Gasteiger partial charge in [0.15, 0.2) is 0 Å². The zero-order valence-electron chi connectivity index (χ0n) is 11.8. The molecule has 1 aromatic carbocycles. The van der Waals surface area contributed by atoms with E-state index < -0.39 is 5.60 Å². The minimum absolute atomic E-state index is 0.0827. The Kier molecular flexibility index (Phi) is 4.86. The third kappa shape index (κ3) is 3.85. The number of aromatic nitrogens is 1. The van der Waals surface area contributed by atoms with E-state index in [2.05, 4.69) is 10.3 Å². The largest absolute Gasteiger partial charge is 0.388 e. The van der Waals surface area contributed by atoms with Crippen LogP contribution in [0.15, 0.2) is 35.1 Å². The highest BCUT2D eigenvalue weighted by Crippen LogP contribution is 2.11. The average Bonchev–Trinajstić information content (AvgIpc) is 2.39. The van der Waals surface area contributed by atoms with Crippen LogP contribution in [0.5, 0.6) is 0 Å². The van der Waals surface area contributed by atoms with Gasteiger partial charge in [0.2, 0.25) is 0 Å². The van der Waals surface area contributed by atoms with Crippen molar-refractivity contribution in [2.24, 2.45) is 0 Å². The molecule has 2 aromatic rings. The van der Waals surface area contributed by atoms with E-state index in [0.29, 0.717) is 24.4 Å². The van der Waals surface area contributed by atoms with Crippen LogP contribution in [0.25, 0.3) is 10.9 Å². The fourth-order valence-electron chi connectivity index (χ4n) is 2.15. The summed E-state index contributed by atoms with van der Waals surface area (Å²) in [6, 6.07) is 9.59. The van der Waals surface area contributed by atoms with E-state index >= 15 is 0 Å². The first-order valence-corrected chi connectivity index (χ1v) is 7.94. The fraction of sp³-hybridized carbons (Fsp3) is 0.400. The highest BCUT2D eigenvalue weighted by Gasteiger charge is 2.18. The summed E-state index contributed by atoms with van der Waals surface area (Å²) >= 11 is 1.60. The molecule has 108 valence electrons. The van der Waals surface area contributed by atoms with Gasteiger partial charge in [-0.15, -0.1) is 0 Å². The summed E-state index contributed by atoms with van der Waals surface area (Å²) in [5.41, 5.74) is 0.684. The first kappa shape index (κ1) is 15.1. The Bertz CT molecular complexity index is 637. The monoisotopic (exact) mass is 292 g/mol. The quantitative estimate of drug-likeness (QED) is 0.759. The summed E-state index contributed by atoms with van der Waals surface area (Å²) in [4.78, 5) is 14.8. The van der Waals surface area contributed by atoms with Gasteiger partial charge in [0.25, 0.3) is 5.56 Å². The van der Waals surface area contributed by atoms with E-state index in [1.165, 1.54) is 0 Å². The number of H-pyrrole nitrogens is 1. The van der Waals surface area contributed by atoms with Crippen LogP contribution in [0.2, 0.25) is 0 Å². The van der Waals surface area contributed by atoms with E-state index in [9.17, 15) is 9.90 Å². The van der Waals surface area contributed by atoms with Gasteiger partial charge in [0.05, 0.1) is 5.60 Å². The molecule has 1 aromatic heterocycles. The van der Waals surface area contributed by atoms with Gasteiger partial charge in [0.1, 0.15) is 0 Å². The highest BCUT2D eigenvalue weighted by atomic mass is 32.2. The summed E-state index contributed by atoms with van der Waals surface area (Å²) in [6.07, 6.45) is 1.96. The van der Waals surface area contributed by atoms with Gasteiger partial charge < -0.3 is 15.4 Å². The molecule has 0 spiro atoms. The van der Waals surface area contributed by atoms with Crippen molar-refractivity contribution in [3.63, 3.8) is 0 Å². The molecule has 0 aliphatic rings. The molecule has 0 bridgehead atoms. The molecule has 2 rings (SSSR count). The van der Waals surface area contributed by atoms with Crippen molar-refractivity contribution >= 4 is 22.7 Å². The molecule has 1 unspecified atom stereocenters. The topological polar surface area (TPSA) is 65.1 Å². The fourth-order valence-corrected chi connectivity index (χ4v) is 2.88. The van der Waals surface area contributed by atoms with E-state index in [1.807, 2.05) is 36.6 Å². The second-order valence-electron chi connectivity index (χ2n) is 5.24. The van der Waals surface area contributed by atoms with E-state index in [0.717, 1.165) is 10.9 Å². The predicted molar refractivity (Wildman–Crippen MR) is 85.3 cm³/mol. The molecule has 0 saturated carbocycles. The third-order valence-electron chi connectivity index (χ3n) is 3.11. The van der Waals surface area contributed by atoms with Crippen LogP contribution in [0.3, 0.4) is 0 Å². The van der Waals surface area contributed by atoms with Crippen LogP contribution < -0.4 is 10.9 Å². The summed E-state index contributed by atoms with van der Waals surface area (Å²) < 4.78 is 0. The smallest absolute Gasteiger partial charge is 0.252 e. The van der Waals surface area contributed by atoms with Gasteiger partial charge in [-0.3, -0.25) is 4.79 Å². The molecule has 0 radical (unpaired) electrons. The maximum Gasteiger partial charge on any atom is 0.252 e. The number of rotatable bonds is 6. The van der Waals surface area contributed by atoms with E-state index in [1.54, 1.807) is 18.7 Å². The van der Waals surface area contributed by atoms with Gasteiger partial charge in [-0.25, -0.2) is 0 Å². The molecule has 1 heterocycles. The van der Waals surface area contributed by atoms with Crippen LogP contribution in [0.1, 0.15) is 12.5 Å². The number of aliphatic hydroxyl groups is 1. The zero-order valence-corrected chi connectivity index (χ0v) is 12.6. The van der Waals surface area contributed by atoms with Crippen LogP contribution in [0.4, 0.5) is 0 Å². The summed E-state index contributed by atoms with van der Waals surface area (Å²) in [5, 5.41) is 14.2. The lowest BCUT2D eigenvalue weighted by molar-refractivity contribution is 0.0845. The number of para-hydroxylation sites is 1. The first-order valence-electron chi connectivity index (χ1n) is 6.55. The number of hydrogen-bond acceptors (Lipinski definition) is 4. The molecular weight excluding hydrogens is 272 g/mol. The number of pyridine rings is 1. The summed E-state index contributed by atoms with van der Waals surface area (Å²) in [5.74, 6) is 0.661. The molecule has 5 heteroatoms. The van der Waals surface area contributed by atoms with Crippen LogP contribution in [-0.4, -0.2) is 34.2 Å². The van der Waals surface area contributed by atoms with Gasteiger partial charge in [-0.05, 0) is 30.7 Å². The molecule has 0 amide bonds. The Morgan fingerprint density at radius 2 is 2.15 bits per heavy atom. The second kappa shape index (κ2) is 6.43. The number of benzene rings is 1. The Balaban J connectivity index is 2.07. The van der Waals surface area contributed by atoms with Crippen LogP contribution >= 0.6 is 11.8 Å². The molecular formula is C15H20N2O2S. The lowest BCUT2D eigenvalue weighted by Crippen LogP contribution is -2.40. The summed E-state index contributed by atoms with van der Waals surface area (Å²) in [6.45, 7) is 2.70.